The van der Waals surface area contributed by atoms with Crippen LogP contribution in [0.1, 0.15) is 24.8 Å². The molecule has 1 atom stereocenters. The molecule has 2 nitrogen and oxygen atoms in total. The van der Waals surface area contributed by atoms with Crippen molar-refractivity contribution in [1.29, 1.82) is 0 Å². The maximum absolute atomic E-state index is 2.49. The van der Waals surface area contributed by atoms with Crippen molar-refractivity contribution in [2.75, 3.05) is 0 Å². The molecule has 0 saturated heterocycles. The monoisotopic (exact) mass is 594 g/mol. The van der Waals surface area contributed by atoms with Crippen LogP contribution in [0.2, 0.25) is 0 Å². The van der Waals surface area contributed by atoms with Crippen molar-refractivity contribution in [3.63, 3.8) is 0 Å². The molecule has 0 spiro atoms. The van der Waals surface area contributed by atoms with Gasteiger partial charge in [-0.1, -0.05) is 91.0 Å². The van der Waals surface area contributed by atoms with Crippen molar-refractivity contribution in [3.8, 4) is 16.8 Å². The first-order valence-electron chi connectivity index (χ1n) is 15.9. The Labute approximate surface area is 266 Å². The molecule has 2 aromatic heterocycles. The highest BCUT2D eigenvalue weighted by Gasteiger charge is 2.31. The van der Waals surface area contributed by atoms with Crippen LogP contribution < -0.4 is 0 Å². The van der Waals surface area contributed by atoms with Gasteiger partial charge in [-0.25, -0.2) is 0 Å². The number of aromatic nitrogens is 2. The standard InChI is InChI=1S/C42H30N2S/c1-2-11-29(12-3-1)43-36-17-7-4-13-30(36)34-25-27(21-23-38(34)43)28-22-24-39-35(26-28)31-14-5-8-18-37(31)44(39)40-19-10-16-33-32-15-6-9-20-41(32)45-42(33)40/h2,4-19,21-26,41H,1,3,20H2. The minimum absolute atomic E-state index is 0.511. The second-order valence-electron chi connectivity index (χ2n) is 12.3. The fourth-order valence-electron chi connectivity index (χ4n) is 7.79. The van der Waals surface area contributed by atoms with Crippen molar-refractivity contribution >= 4 is 66.6 Å². The van der Waals surface area contributed by atoms with Crippen LogP contribution in [0.5, 0.6) is 0 Å². The fourth-order valence-corrected chi connectivity index (χ4v) is 9.20. The van der Waals surface area contributed by atoms with Crippen LogP contribution in [-0.2, 0) is 0 Å². The summed E-state index contributed by atoms with van der Waals surface area (Å²) in [6, 6.07) is 38.6. The molecule has 3 heteroatoms. The largest absolute Gasteiger partial charge is 0.310 e. The number of hydrogen-bond donors (Lipinski definition) is 0. The number of allylic oxidation sites excluding steroid dienone is 7. The highest BCUT2D eigenvalue weighted by atomic mass is 32.2. The molecule has 1 aliphatic heterocycles. The lowest BCUT2D eigenvalue weighted by Gasteiger charge is -2.13. The minimum Gasteiger partial charge on any atom is -0.310 e. The van der Waals surface area contributed by atoms with Gasteiger partial charge in [0.25, 0.3) is 0 Å². The lowest BCUT2D eigenvalue weighted by atomic mass is 9.97. The number of fused-ring (bicyclic) bond motifs is 9. The van der Waals surface area contributed by atoms with Crippen molar-refractivity contribution in [2.45, 2.75) is 29.4 Å². The van der Waals surface area contributed by atoms with Gasteiger partial charge in [0.1, 0.15) is 0 Å². The maximum Gasteiger partial charge on any atom is 0.0604 e. The highest BCUT2D eigenvalue weighted by molar-refractivity contribution is 8.01. The molecular formula is C42H30N2S. The SMILES string of the molecule is C1=CCC2Sc3c(cccc3-n3c4ccccc4c4cc(-c5ccc6c(c5)c5ccccc5n6C5=CCCC=C5)ccc43)C2=C1. The molecule has 45 heavy (non-hydrogen) atoms. The van der Waals surface area contributed by atoms with Gasteiger partial charge in [-0.05, 0) is 90.1 Å². The van der Waals surface area contributed by atoms with Crippen molar-refractivity contribution in [2.24, 2.45) is 0 Å². The fraction of sp³-hybridized carbons (Fsp3) is 0.0952. The molecule has 3 aliphatic rings. The molecule has 0 amide bonds. The lowest BCUT2D eigenvalue weighted by Crippen LogP contribution is -2.00. The van der Waals surface area contributed by atoms with E-state index in [1.807, 2.05) is 11.8 Å². The first-order valence-corrected chi connectivity index (χ1v) is 16.8. The Morgan fingerprint density at radius 1 is 0.600 bits per heavy atom. The summed E-state index contributed by atoms with van der Waals surface area (Å²) in [7, 11) is 0. The van der Waals surface area contributed by atoms with Crippen molar-refractivity contribution in [3.05, 3.63) is 145 Å². The summed E-state index contributed by atoms with van der Waals surface area (Å²) in [6.07, 6.45) is 17.1. The molecule has 0 N–H and O–H groups in total. The van der Waals surface area contributed by atoms with Gasteiger partial charge < -0.3 is 9.13 Å². The second kappa shape index (κ2) is 9.76. The van der Waals surface area contributed by atoms with E-state index in [-0.39, 0.29) is 0 Å². The summed E-state index contributed by atoms with van der Waals surface area (Å²) in [4.78, 5) is 1.40. The predicted octanol–water partition coefficient (Wildman–Crippen LogP) is 11.6. The van der Waals surface area contributed by atoms with E-state index in [0.717, 1.165) is 19.3 Å². The number of benzene rings is 5. The van der Waals surface area contributed by atoms with Gasteiger partial charge in [0.15, 0.2) is 0 Å². The number of para-hydroxylation sites is 2. The average molecular weight is 595 g/mol. The molecular weight excluding hydrogens is 565 g/mol. The molecule has 214 valence electrons. The zero-order chi connectivity index (χ0) is 29.5. The summed E-state index contributed by atoms with van der Waals surface area (Å²) in [5, 5.41) is 5.70. The van der Waals surface area contributed by atoms with Gasteiger partial charge in [-0.2, -0.15) is 0 Å². The van der Waals surface area contributed by atoms with Crippen molar-refractivity contribution < 1.29 is 0 Å². The summed E-state index contributed by atoms with van der Waals surface area (Å²) in [5.41, 5.74) is 12.9. The smallest absolute Gasteiger partial charge is 0.0604 e. The zero-order valence-corrected chi connectivity index (χ0v) is 25.6. The molecule has 0 radical (unpaired) electrons. The first kappa shape index (κ1) is 25.3. The van der Waals surface area contributed by atoms with Gasteiger partial charge in [0, 0.05) is 37.4 Å². The molecule has 5 aromatic carbocycles. The Bertz CT molecular complexity index is 2500. The minimum atomic E-state index is 0.511. The topological polar surface area (TPSA) is 9.86 Å². The van der Waals surface area contributed by atoms with Crippen LogP contribution >= 0.6 is 11.8 Å². The molecule has 3 heterocycles. The molecule has 1 unspecified atom stereocenters. The van der Waals surface area contributed by atoms with Crippen LogP contribution in [-0.4, -0.2) is 14.4 Å². The summed E-state index contributed by atoms with van der Waals surface area (Å²) >= 11 is 2.03. The zero-order valence-electron chi connectivity index (χ0n) is 24.8. The second-order valence-corrected chi connectivity index (χ2v) is 13.5. The Hall–Kier alpha value is -4.99. The van der Waals surface area contributed by atoms with Crippen LogP contribution in [0.4, 0.5) is 0 Å². The van der Waals surface area contributed by atoms with E-state index in [2.05, 4.69) is 149 Å². The van der Waals surface area contributed by atoms with Gasteiger partial charge in [0.2, 0.25) is 0 Å². The Balaban J connectivity index is 1.16. The Morgan fingerprint density at radius 2 is 1.29 bits per heavy atom. The van der Waals surface area contributed by atoms with E-state index >= 15 is 0 Å². The van der Waals surface area contributed by atoms with E-state index in [1.54, 1.807) is 0 Å². The number of nitrogens with zero attached hydrogens (tertiary/aromatic N) is 2. The van der Waals surface area contributed by atoms with Crippen molar-refractivity contribution in [1.82, 2.24) is 9.13 Å². The van der Waals surface area contributed by atoms with E-state index in [0.29, 0.717) is 5.25 Å². The maximum atomic E-state index is 2.49. The molecule has 7 aromatic rings. The Kier molecular flexibility index (Phi) is 5.50. The third-order valence-corrected chi connectivity index (χ3v) is 11.2. The van der Waals surface area contributed by atoms with Gasteiger partial charge in [-0.15, -0.1) is 11.8 Å². The van der Waals surface area contributed by atoms with Gasteiger partial charge in [0.05, 0.1) is 27.8 Å². The van der Waals surface area contributed by atoms with Crippen LogP contribution in [0.15, 0.2) is 144 Å². The number of thioether (sulfide) groups is 1. The molecule has 0 bridgehead atoms. The molecule has 0 saturated carbocycles. The molecule has 0 fully saturated rings. The first-order chi connectivity index (χ1) is 22.3. The highest BCUT2D eigenvalue weighted by Crippen LogP contribution is 2.51. The van der Waals surface area contributed by atoms with Crippen LogP contribution in [0.25, 0.3) is 71.7 Å². The van der Waals surface area contributed by atoms with E-state index in [9.17, 15) is 0 Å². The summed E-state index contributed by atoms with van der Waals surface area (Å²) in [6.45, 7) is 0. The van der Waals surface area contributed by atoms with Crippen LogP contribution in [0, 0.1) is 0 Å². The normalized spacial score (nSPS) is 17.3. The third kappa shape index (κ3) is 3.71. The quantitative estimate of drug-likeness (QED) is 0.198. The molecule has 2 aliphatic carbocycles. The van der Waals surface area contributed by atoms with E-state index in [4.69, 9.17) is 0 Å². The molecule has 10 rings (SSSR count). The summed E-state index contributed by atoms with van der Waals surface area (Å²) in [5.74, 6) is 0. The Morgan fingerprint density at radius 3 is 2.02 bits per heavy atom. The average Bonchev–Trinajstić information content (AvgIpc) is 3.76. The number of rotatable bonds is 3. The number of hydrogen-bond acceptors (Lipinski definition) is 1. The van der Waals surface area contributed by atoms with E-state index < -0.39 is 0 Å². The van der Waals surface area contributed by atoms with E-state index in [1.165, 1.54) is 82.2 Å². The predicted molar refractivity (Wildman–Crippen MR) is 193 cm³/mol. The summed E-state index contributed by atoms with van der Waals surface area (Å²) < 4.78 is 4.92. The van der Waals surface area contributed by atoms with Crippen LogP contribution in [0.3, 0.4) is 0 Å². The lowest BCUT2D eigenvalue weighted by molar-refractivity contribution is 1.02. The van der Waals surface area contributed by atoms with Gasteiger partial charge >= 0.3 is 0 Å². The third-order valence-electron chi connectivity index (χ3n) is 9.83. The van der Waals surface area contributed by atoms with Gasteiger partial charge in [-0.3, -0.25) is 0 Å².